The predicted molar refractivity (Wildman–Crippen MR) is 51.9 cm³/mol. The normalized spacial score (nSPS) is 11.0. The van der Waals surface area contributed by atoms with Crippen molar-refractivity contribution < 1.29 is 0 Å². The maximum Gasteiger partial charge on any atom is 0.156 e. The summed E-state index contributed by atoms with van der Waals surface area (Å²) in [7, 11) is 0. The molecule has 1 heterocycles. The Labute approximate surface area is 83.3 Å². The van der Waals surface area contributed by atoms with E-state index in [1.807, 2.05) is 0 Å². The molecular weight excluding hydrogens is 197 g/mol. The molecule has 0 aliphatic heterocycles. The standard InChI is InChI=1S/C7H12ClN3.ClH/c1-7(2,3)6-9-5(4-8)10-11-6;/h4H2,1-3H3,(H,9,10,11);1H. The lowest BCUT2D eigenvalue weighted by molar-refractivity contribution is 0.548. The molecule has 0 aliphatic rings. The van der Waals surface area contributed by atoms with Gasteiger partial charge >= 0.3 is 0 Å². The minimum Gasteiger partial charge on any atom is -0.262 e. The summed E-state index contributed by atoms with van der Waals surface area (Å²) < 4.78 is 0. The van der Waals surface area contributed by atoms with E-state index in [4.69, 9.17) is 11.6 Å². The smallest absolute Gasteiger partial charge is 0.156 e. The van der Waals surface area contributed by atoms with Crippen LogP contribution in [0.15, 0.2) is 0 Å². The van der Waals surface area contributed by atoms with Crippen LogP contribution in [0.3, 0.4) is 0 Å². The van der Waals surface area contributed by atoms with Gasteiger partial charge in [-0.25, -0.2) is 4.98 Å². The van der Waals surface area contributed by atoms with Crippen molar-refractivity contribution in [3.63, 3.8) is 0 Å². The fourth-order valence-corrected chi connectivity index (χ4v) is 0.810. The van der Waals surface area contributed by atoms with E-state index in [-0.39, 0.29) is 17.8 Å². The Kier molecular flexibility index (Phi) is 4.00. The van der Waals surface area contributed by atoms with Gasteiger partial charge in [0, 0.05) is 5.41 Å². The van der Waals surface area contributed by atoms with Crippen molar-refractivity contribution in [1.82, 2.24) is 15.2 Å². The molecule has 0 saturated carbocycles. The molecule has 1 aromatic heterocycles. The highest BCUT2D eigenvalue weighted by Gasteiger charge is 2.18. The van der Waals surface area contributed by atoms with Gasteiger partial charge < -0.3 is 0 Å². The number of aromatic nitrogens is 3. The first-order valence-corrected chi connectivity index (χ1v) is 4.05. The van der Waals surface area contributed by atoms with Gasteiger partial charge in [0.15, 0.2) is 5.82 Å². The summed E-state index contributed by atoms with van der Waals surface area (Å²) in [6.07, 6.45) is 0. The number of aromatic amines is 1. The lowest BCUT2D eigenvalue weighted by atomic mass is 9.96. The molecule has 0 bridgehead atoms. The van der Waals surface area contributed by atoms with E-state index in [0.717, 1.165) is 11.6 Å². The minimum atomic E-state index is 0. The molecule has 0 aliphatic carbocycles. The fraction of sp³-hybridized carbons (Fsp3) is 0.714. The van der Waals surface area contributed by atoms with Gasteiger partial charge in [-0.1, -0.05) is 20.8 Å². The van der Waals surface area contributed by atoms with Gasteiger partial charge in [-0.15, -0.1) is 24.0 Å². The summed E-state index contributed by atoms with van der Waals surface area (Å²) in [5.41, 5.74) is 0.000802. The van der Waals surface area contributed by atoms with Gasteiger partial charge in [0.05, 0.1) is 5.88 Å². The van der Waals surface area contributed by atoms with E-state index in [2.05, 4.69) is 36.0 Å². The minimum absolute atomic E-state index is 0. The summed E-state index contributed by atoms with van der Waals surface area (Å²) >= 11 is 5.56. The highest BCUT2D eigenvalue weighted by molar-refractivity contribution is 6.16. The lowest BCUT2D eigenvalue weighted by Crippen LogP contribution is -2.13. The first-order valence-electron chi connectivity index (χ1n) is 3.52. The van der Waals surface area contributed by atoms with Gasteiger partial charge in [0.25, 0.3) is 0 Å². The number of alkyl halides is 1. The Morgan fingerprint density at radius 2 is 2.00 bits per heavy atom. The number of nitrogens with zero attached hydrogens (tertiary/aromatic N) is 2. The first kappa shape index (κ1) is 11.7. The quantitative estimate of drug-likeness (QED) is 0.722. The monoisotopic (exact) mass is 209 g/mol. The average molecular weight is 210 g/mol. The van der Waals surface area contributed by atoms with E-state index in [1.54, 1.807) is 0 Å². The Morgan fingerprint density at radius 1 is 1.42 bits per heavy atom. The zero-order valence-electron chi connectivity index (χ0n) is 7.39. The molecule has 1 N–H and O–H groups in total. The highest BCUT2D eigenvalue weighted by Crippen LogP contribution is 2.17. The van der Waals surface area contributed by atoms with Crippen LogP contribution in [0.5, 0.6) is 0 Å². The van der Waals surface area contributed by atoms with Gasteiger partial charge in [-0.2, -0.15) is 5.10 Å². The lowest BCUT2D eigenvalue weighted by Gasteiger charge is -2.11. The maximum absolute atomic E-state index is 5.56. The third-order valence-corrected chi connectivity index (χ3v) is 1.58. The van der Waals surface area contributed by atoms with Crippen LogP contribution >= 0.6 is 24.0 Å². The number of rotatable bonds is 1. The van der Waals surface area contributed by atoms with Crippen LogP contribution < -0.4 is 0 Å². The number of nitrogens with one attached hydrogen (secondary N) is 1. The van der Waals surface area contributed by atoms with Gasteiger partial charge in [0.1, 0.15) is 5.82 Å². The van der Waals surface area contributed by atoms with Crippen molar-refractivity contribution >= 4 is 24.0 Å². The Hall–Kier alpha value is -0.280. The molecule has 0 unspecified atom stereocenters. The maximum atomic E-state index is 5.56. The second kappa shape index (κ2) is 4.10. The molecule has 5 heteroatoms. The van der Waals surface area contributed by atoms with Crippen molar-refractivity contribution in [2.24, 2.45) is 0 Å². The Bertz CT molecular complexity index is 239. The topological polar surface area (TPSA) is 41.6 Å². The van der Waals surface area contributed by atoms with E-state index < -0.39 is 0 Å². The van der Waals surface area contributed by atoms with E-state index in [9.17, 15) is 0 Å². The average Bonchev–Trinajstić information content (AvgIpc) is 2.32. The van der Waals surface area contributed by atoms with Gasteiger partial charge in [0.2, 0.25) is 0 Å². The molecule has 0 amide bonds. The molecule has 0 fully saturated rings. The summed E-state index contributed by atoms with van der Waals surface area (Å²) in [5, 5.41) is 6.81. The number of halogens is 2. The third-order valence-electron chi connectivity index (χ3n) is 1.33. The van der Waals surface area contributed by atoms with Crippen LogP contribution in [0, 0.1) is 0 Å². The van der Waals surface area contributed by atoms with Crippen molar-refractivity contribution in [1.29, 1.82) is 0 Å². The first-order chi connectivity index (χ1) is 5.04. The summed E-state index contributed by atoms with van der Waals surface area (Å²) in [4.78, 5) is 4.20. The second-order valence-corrected chi connectivity index (χ2v) is 3.76. The number of hydrogen-bond acceptors (Lipinski definition) is 2. The molecular formula is C7H13Cl2N3. The van der Waals surface area contributed by atoms with E-state index >= 15 is 0 Å². The van der Waals surface area contributed by atoms with Crippen LogP contribution in [0.2, 0.25) is 0 Å². The highest BCUT2D eigenvalue weighted by atomic mass is 35.5. The van der Waals surface area contributed by atoms with Crippen molar-refractivity contribution in [2.75, 3.05) is 0 Å². The molecule has 1 aromatic rings. The fourth-order valence-electron chi connectivity index (χ4n) is 0.690. The SMILES string of the molecule is CC(C)(C)c1n[nH]c(CCl)n1.Cl. The van der Waals surface area contributed by atoms with Crippen LogP contribution in [-0.4, -0.2) is 15.2 Å². The van der Waals surface area contributed by atoms with Crippen molar-refractivity contribution in [3.8, 4) is 0 Å². The molecule has 1 rings (SSSR count). The van der Waals surface area contributed by atoms with Gasteiger partial charge in [-0.05, 0) is 0 Å². The zero-order valence-corrected chi connectivity index (χ0v) is 8.96. The number of H-pyrrole nitrogens is 1. The van der Waals surface area contributed by atoms with Crippen LogP contribution in [0.1, 0.15) is 32.4 Å². The van der Waals surface area contributed by atoms with Gasteiger partial charge in [-0.3, -0.25) is 5.10 Å². The molecule has 0 spiro atoms. The van der Waals surface area contributed by atoms with E-state index in [1.165, 1.54) is 0 Å². The molecule has 70 valence electrons. The van der Waals surface area contributed by atoms with Crippen LogP contribution in [-0.2, 0) is 11.3 Å². The molecule has 0 atom stereocenters. The molecule has 3 nitrogen and oxygen atoms in total. The Balaban J connectivity index is 0.00000121. The Morgan fingerprint density at radius 3 is 2.25 bits per heavy atom. The third kappa shape index (κ3) is 2.64. The van der Waals surface area contributed by atoms with Crippen molar-refractivity contribution in [2.45, 2.75) is 32.1 Å². The summed E-state index contributed by atoms with van der Waals surface area (Å²) in [5.74, 6) is 1.94. The molecule has 0 radical (unpaired) electrons. The van der Waals surface area contributed by atoms with Crippen molar-refractivity contribution in [3.05, 3.63) is 11.6 Å². The zero-order chi connectivity index (χ0) is 8.48. The second-order valence-electron chi connectivity index (χ2n) is 3.49. The molecule has 0 aromatic carbocycles. The van der Waals surface area contributed by atoms with Crippen LogP contribution in [0.25, 0.3) is 0 Å². The molecule has 12 heavy (non-hydrogen) atoms. The van der Waals surface area contributed by atoms with E-state index in [0.29, 0.717) is 5.88 Å². The summed E-state index contributed by atoms with van der Waals surface area (Å²) in [6.45, 7) is 6.19. The predicted octanol–water partition coefficient (Wildman–Crippen LogP) is 2.26. The molecule has 0 saturated heterocycles. The number of hydrogen-bond donors (Lipinski definition) is 1. The summed E-state index contributed by atoms with van der Waals surface area (Å²) in [6, 6.07) is 0. The van der Waals surface area contributed by atoms with Crippen LogP contribution in [0.4, 0.5) is 0 Å². The largest absolute Gasteiger partial charge is 0.262 e.